The summed E-state index contributed by atoms with van der Waals surface area (Å²) >= 11 is 0. The predicted octanol–water partition coefficient (Wildman–Crippen LogP) is 3.41. The van der Waals surface area contributed by atoms with E-state index in [1.54, 1.807) is 17.8 Å². The lowest BCUT2D eigenvalue weighted by atomic mass is 9.33. The fourth-order valence-electron chi connectivity index (χ4n) is 10.2. The first-order valence-corrected chi connectivity index (χ1v) is 18.1. The topological polar surface area (TPSA) is 102 Å². The van der Waals surface area contributed by atoms with Crippen LogP contribution < -0.4 is 20.9 Å². The minimum Gasteiger partial charge on any atom is -0.385 e. The number of halogens is 2. The van der Waals surface area contributed by atoms with Gasteiger partial charge in [-0.15, -0.1) is 5.10 Å². The average molecular weight is 676 g/mol. The van der Waals surface area contributed by atoms with E-state index in [9.17, 15) is 13.6 Å². The molecule has 5 heterocycles. The smallest absolute Gasteiger partial charge is 0.275 e. The first kappa shape index (κ1) is 31.6. The number of nitrogens with zero attached hydrogens (tertiary/aromatic N) is 6. The lowest BCUT2D eigenvalue weighted by Gasteiger charge is -2.72. The largest absolute Gasteiger partial charge is 0.385 e. The molecule has 1 aromatic carbocycles. The number of carbonyl (C=O) groups excluding carboxylic acids is 1. The number of alkyl halides is 2. The number of aromatic nitrogens is 3. The molecule has 3 aromatic rings. The van der Waals surface area contributed by atoms with Crippen LogP contribution in [0.4, 0.5) is 26.0 Å². The van der Waals surface area contributed by atoms with Gasteiger partial charge in [-0.1, -0.05) is 12.1 Å². The van der Waals surface area contributed by atoms with Crippen molar-refractivity contribution in [3.05, 3.63) is 47.3 Å². The number of anilines is 3. The first-order chi connectivity index (χ1) is 23.7. The molecule has 4 aliphatic carbocycles. The summed E-state index contributed by atoms with van der Waals surface area (Å²) in [7, 11) is 3.55. The molecule has 2 saturated heterocycles. The van der Waals surface area contributed by atoms with Crippen molar-refractivity contribution in [3.63, 3.8) is 0 Å². The average Bonchev–Trinajstić information content (AvgIpc) is 3.69. The number of methoxy groups -OCH3 is 1. The monoisotopic (exact) mass is 675 g/mol. The Morgan fingerprint density at radius 2 is 1.92 bits per heavy atom. The normalized spacial score (nSPS) is 32.2. The molecule has 4 saturated carbocycles. The third kappa shape index (κ3) is 5.05. The molecule has 3 N–H and O–H groups in total. The Morgan fingerprint density at radius 3 is 2.63 bits per heavy atom. The van der Waals surface area contributed by atoms with Crippen LogP contribution in [0.25, 0.3) is 5.65 Å². The van der Waals surface area contributed by atoms with E-state index in [2.05, 4.69) is 48.9 Å². The summed E-state index contributed by atoms with van der Waals surface area (Å²) in [6.45, 7) is 5.61. The maximum atomic E-state index is 14.6. The van der Waals surface area contributed by atoms with Gasteiger partial charge in [-0.25, -0.2) is 18.3 Å². The summed E-state index contributed by atoms with van der Waals surface area (Å²) in [5, 5.41) is 14.2. The second-order valence-electron chi connectivity index (χ2n) is 15.5. The van der Waals surface area contributed by atoms with Crippen LogP contribution in [0.15, 0.2) is 30.5 Å². The highest BCUT2D eigenvalue weighted by molar-refractivity contribution is 5.94. The van der Waals surface area contributed by atoms with Crippen LogP contribution in [0.5, 0.6) is 0 Å². The molecule has 0 spiro atoms. The number of imidazole rings is 1. The molecule has 11 nitrogen and oxygen atoms in total. The second kappa shape index (κ2) is 11.6. The Bertz CT molecular complexity index is 1750. The molecule has 1 amide bonds. The van der Waals surface area contributed by atoms with E-state index in [0.717, 1.165) is 70.0 Å². The SMILES string of the molecule is CNc1cc(N2CCc3c2cccc3C23CC(CN4CCN(C5CCNCC5(F)F)CC4)(C2)C3)nn2c(C(=O)N[C@@H]3CC[C@H]3OC)cnc12. The highest BCUT2D eigenvalue weighted by Crippen LogP contribution is 2.74. The van der Waals surface area contributed by atoms with Crippen molar-refractivity contribution in [2.45, 2.75) is 74.5 Å². The molecule has 3 atom stereocenters. The second-order valence-corrected chi connectivity index (χ2v) is 15.5. The Labute approximate surface area is 285 Å². The molecule has 3 aliphatic heterocycles. The van der Waals surface area contributed by atoms with Crippen LogP contribution >= 0.6 is 0 Å². The number of amides is 1. The highest BCUT2D eigenvalue weighted by atomic mass is 19.3. The lowest BCUT2D eigenvalue weighted by Crippen LogP contribution is -2.69. The van der Waals surface area contributed by atoms with Crippen molar-refractivity contribution in [1.82, 2.24) is 35.0 Å². The van der Waals surface area contributed by atoms with E-state index in [0.29, 0.717) is 29.7 Å². The van der Waals surface area contributed by atoms with Crippen LogP contribution in [-0.4, -0.2) is 121 Å². The summed E-state index contributed by atoms with van der Waals surface area (Å²) in [6, 6.07) is 8.13. The number of fused-ring (bicyclic) bond motifs is 2. The minimum atomic E-state index is -2.65. The van der Waals surface area contributed by atoms with Crippen LogP contribution in [0.3, 0.4) is 0 Å². The molecular weight excluding hydrogens is 628 g/mol. The van der Waals surface area contributed by atoms with Gasteiger partial charge in [0.25, 0.3) is 11.8 Å². The van der Waals surface area contributed by atoms with Crippen molar-refractivity contribution in [2.24, 2.45) is 5.41 Å². The summed E-state index contributed by atoms with van der Waals surface area (Å²) in [6.07, 6.45) is 8.58. The molecule has 49 heavy (non-hydrogen) atoms. The fourth-order valence-corrected chi connectivity index (χ4v) is 10.2. The van der Waals surface area contributed by atoms with E-state index in [-0.39, 0.29) is 30.0 Å². The van der Waals surface area contributed by atoms with Crippen LogP contribution in [-0.2, 0) is 16.6 Å². The van der Waals surface area contributed by atoms with Crippen molar-refractivity contribution < 1.29 is 18.3 Å². The van der Waals surface area contributed by atoms with E-state index in [1.165, 1.54) is 36.1 Å². The summed E-state index contributed by atoms with van der Waals surface area (Å²) in [5.74, 6) is -2.06. The van der Waals surface area contributed by atoms with Crippen LogP contribution in [0.2, 0.25) is 0 Å². The number of hydrogen-bond acceptors (Lipinski definition) is 9. The van der Waals surface area contributed by atoms with Gasteiger partial charge in [0.05, 0.1) is 36.6 Å². The number of rotatable bonds is 9. The van der Waals surface area contributed by atoms with Gasteiger partial charge < -0.3 is 30.5 Å². The minimum absolute atomic E-state index is 0.000260. The Balaban J connectivity index is 0.887. The molecule has 7 aliphatic rings. The van der Waals surface area contributed by atoms with E-state index < -0.39 is 12.0 Å². The zero-order valence-corrected chi connectivity index (χ0v) is 28.5. The molecule has 262 valence electrons. The quantitative estimate of drug-likeness (QED) is 0.315. The highest BCUT2D eigenvalue weighted by Gasteiger charge is 2.68. The van der Waals surface area contributed by atoms with Gasteiger partial charge in [-0.2, -0.15) is 0 Å². The molecule has 1 unspecified atom stereocenters. The molecule has 0 radical (unpaired) electrons. The van der Waals surface area contributed by atoms with Crippen molar-refractivity contribution in [3.8, 4) is 0 Å². The van der Waals surface area contributed by atoms with Crippen LogP contribution in [0.1, 0.15) is 60.1 Å². The van der Waals surface area contributed by atoms with Gasteiger partial charge in [-0.3, -0.25) is 9.69 Å². The third-order valence-corrected chi connectivity index (χ3v) is 12.7. The zero-order chi connectivity index (χ0) is 33.5. The molecule has 2 aromatic heterocycles. The van der Waals surface area contributed by atoms with Crippen LogP contribution in [0, 0.1) is 5.41 Å². The van der Waals surface area contributed by atoms with Gasteiger partial charge in [0.1, 0.15) is 0 Å². The molecular formula is C36H47F2N9O2. The number of piperidine rings is 1. The summed E-state index contributed by atoms with van der Waals surface area (Å²) in [4.78, 5) is 24.7. The van der Waals surface area contributed by atoms with E-state index in [4.69, 9.17) is 9.84 Å². The first-order valence-electron chi connectivity index (χ1n) is 18.1. The Morgan fingerprint density at radius 1 is 1.10 bits per heavy atom. The Kier molecular flexibility index (Phi) is 7.46. The number of ether oxygens (including phenoxy) is 1. The Hall–Kier alpha value is -3.39. The maximum Gasteiger partial charge on any atom is 0.275 e. The van der Waals surface area contributed by atoms with E-state index in [1.807, 2.05) is 18.0 Å². The number of hydrogen-bond donors (Lipinski definition) is 3. The third-order valence-electron chi connectivity index (χ3n) is 12.7. The predicted molar refractivity (Wildman–Crippen MR) is 183 cm³/mol. The molecule has 10 rings (SSSR count). The van der Waals surface area contributed by atoms with Crippen molar-refractivity contribution in [1.29, 1.82) is 0 Å². The van der Waals surface area contributed by atoms with Gasteiger partial charge in [0.2, 0.25) is 0 Å². The van der Waals surface area contributed by atoms with Gasteiger partial charge >= 0.3 is 0 Å². The number of benzene rings is 1. The maximum absolute atomic E-state index is 14.6. The van der Waals surface area contributed by atoms with E-state index >= 15 is 0 Å². The van der Waals surface area contributed by atoms with Crippen molar-refractivity contribution in [2.75, 3.05) is 76.7 Å². The van der Waals surface area contributed by atoms with Gasteiger partial charge in [-0.05, 0) is 79.5 Å². The zero-order valence-electron chi connectivity index (χ0n) is 28.5. The number of piperazine rings is 1. The van der Waals surface area contributed by atoms with Crippen molar-refractivity contribution >= 4 is 28.7 Å². The number of carbonyl (C=O) groups is 1. The lowest BCUT2D eigenvalue weighted by molar-refractivity contribution is -0.162. The standard InChI is InChI=1S/C36H47F2N9O2/c1-39-26-16-31(43-47-28(17-41-32(26)47)33(48)42-25-6-7-29(25)49-2)46-11-9-23-24(4-3-5-27(23)46)35-18-34(19-35,20-35)22-44-12-14-45(15-13-44)30-8-10-40-21-36(30,37)38/h3-5,16-17,25,29-30,39-40H,6-15,18-22H2,1-2H3,(H,42,48)/t25-,29-,30?,34?,35?/m1/s1. The number of nitrogens with one attached hydrogen (secondary N) is 3. The summed E-state index contributed by atoms with van der Waals surface area (Å²) < 4.78 is 36.3. The fraction of sp³-hybridized carbons (Fsp3) is 0.639. The van der Waals surface area contributed by atoms with Gasteiger partial charge in [0, 0.05) is 65.2 Å². The molecule has 2 bridgehead atoms. The summed E-state index contributed by atoms with van der Waals surface area (Å²) in [5.41, 5.74) is 6.54. The molecule has 13 heteroatoms. The van der Waals surface area contributed by atoms with Gasteiger partial charge in [0.15, 0.2) is 17.2 Å². The molecule has 6 fully saturated rings.